The largest absolute Gasteiger partial charge is 0.490 e. The molecule has 0 radical (unpaired) electrons. The number of nitrogens with two attached hydrogens (primary N) is 1. The Morgan fingerprint density at radius 1 is 0.701 bits per heavy atom. The summed E-state index contributed by atoms with van der Waals surface area (Å²) in [5, 5.41) is 24.4. The number of carboxylic acid groups (broad SMARTS) is 1. The normalized spacial score (nSPS) is 15.7. The van der Waals surface area contributed by atoms with Gasteiger partial charge in [-0.15, -0.1) is 0 Å². The fourth-order valence-corrected chi connectivity index (χ4v) is 8.92. The standard InChI is InChI=1S/C54H66N8O8.C2HF3O2/c1-5-34(4)47(61-51(67)42(30-35-17-8-6-9-18-35)60-50(66)40(55)29-33(2)3)53(69)58-32-45(63)59-43(31-36-19-10-7-11-20-36)54(70)62-28-15-25-44(62)52(68)57-27-16-26-56-41-24-14-23-39-46(41)49(65)38-22-13-12-21-37(38)48(39)64;3-2(4,5)1(6)7/h6-14,17-24,33-34,40,42-44,47,56H,5,15-16,25-32,55H2,1-4H3,(H,57,68)(H,58,69)(H,59,63)(H,60,66)(H,61,67);(H,6,7)/t34-,40-,42-,43-,44+,47-;/m0./s1. The maximum Gasteiger partial charge on any atom is 0.490 e. The summed E-state index contributed by atoms with van der Waals surface area (Å²) in [5.41, 5.74) is 9.67. The zero-order valence-electron chi connectivity index (χ0n) is 43.4. The third kappa shape index (κ3) is 17.0. The number of carboxylic acids is 1. The summed E-state index contributed by atoms with van der Waals surface area (Å²) in [4.78, 5) is 119. The lowest BCUT2D eigenvalue weighted by Gasteiger charge is -2.29. The van der Waals surface area contributed by atoms with E-state index in [-0.39, 0.29) is 48.7 Å². The molecule has 18 nitrogen and oxygen atoms in total. The van der Waals surface area contributed by atoms with Gasteiger partial charge in [0.05, 0.1) is 18.2 Å². The van der Waals surface area contributed by atoms with E-state index in [1.807, 2.05) is 81.4 Å². The lowest BCUT2D eigenvalue weighted by molar-refractivity contribution is -0.192. The summed E-state index contributed by atoms with van der Waals surface area (Å²) < 4.78 is 31.7. The number of alkyl halides is 3. The van der Waals surface area contributed by atoms with Gasteiger partial charge in [0, 0.05) is 54.9 Å². The van der Waals surface area contributed by atoms with Gasteiger partial charge in [0.25, 0.3) is 0 Å². The van der Waals surface area contributed by atoms with Crippen LogP contribution in [0.15, 0.2) is 103 Å². The Balaban J connectivity index is 0.00000146. The number of aliphatic carboxylic acids is 1. The number of likely N-dealkylation sites (tertiary alicyclic amines) is 1. The number of hydrogen-bond donors (Lipinski definition) is 8. The molecule has 77 heavy (non-hydrogen) atoms. The van der Waals surface area contributed by atoms with Gasteiger partial charge in [-0.2, -0.15) is 13.2 Å². The van der Waals surface area contributed by atoms with Crippen molar-refractivity contribution in [3.8, 4) is 0 Å². The van der Waals surface area contributed by atoms with Crippen LogP contribution in [0, 0.1) is 11.8 Å². The van der Waals surface area contributed by atoms with Crippen molar-refractivity contribution in [2.24, 2.45) is 17.6 Å². The first-order valence-corrected chi connectivity index (χ1v) is 25.6. The topological polar surface area (TPSA) is 275 Å². The minimum atomic E-state index is -5.08. The van der Waals surface area contributed by atoms with Crippen molar-refractivity contribution >= 4 is 58.7 Å². The second-order valence-corrected chi connectivity index (χ2v) is 19.4. The summed E-state index contributed by atoms with van der Waals surface area (Å²) in [6, 6.07) is 25.4. The molecule has 412 valence electrons. The van der Waals surface area contributed by atoms with E-state index in [4.69, 9.17) is 15.6 Å². The van der Waals surface area contributed by atoms with Crippen molar-refractivity contribution < 1.29 is 61.4 Å². The number of carbonyl (C=O) groups is 9. The van der Waals surface area contributed by atoms with Crippen LogP contribution in [0.1, 0.15) is 103 Å². The molecule has 0 bridgehead atoms. The highest BCUT2D eigenvalue weighted by atomic mass is 19.4. The van der Waals surface area contributed by atoms with E-state index in [1.165, 1.54) is 4.90 Å². The number of benzene rings is 4. The number of hydrogen-bond acceptors (Lipinski definition) is 11. The van der Waals surface area contributed by atoms with Crippen molar-refractivity contribution in [3.05, 3.63) is 137 Å². The van der Waals surface area contributed by atoms with E-state index in [2.05, 4.69) is 31.9 Å². The number of rotatable bonds is 23. The maximum absolute atomic E-state index is 14.3. The third-order valence-corrected chi connectivity index (χ3v) is 13.1. The predicted octanol–water partition coefficient (Wildman–Crippen LogP) is 4.48. The van der Waals surface area contributed by atoms with Crippen LogP contribution in [-0.4, -0.2) is 126 Å². The third-order valence-electron chi connectivity index (χ3n) is 13.1. The molecule has 2 aliphatic rings. The molecule has 6 atom stereocenters. The Morgan fingerprint density at radius 2 is 1.27 bits per heavy atom. The van der Waals surface area contributed by atoms with E-state index in [1.54, 1.807) is 49.4 Å². The molecule has 1 aliphatic heterocycles. The van der Waals surface area contributed by atoms with E-state index in [9.17, 15) is 51.5 Å². The average Bonchev–Trinajstić information content (AvgIpc) is 3.92. The van der Waals surface area contributed by atoms with Crippen LogP contribution in [0.25, 0.3) is 0 Å². The number of halogens is 3. The molecular formula is C56H67F3N8O10. The lowest BCUT2D eigenvalue weighted by Crippen LogP contribution is -2.59. The number of ketones is 2. The Hall–Kier alpha value is -7.94. The monoisotopic (exact) mass is 1070 g/mol. The van der Waals surface area contributed by atoms with E-state index >= 15 is 0 Å². The first kappa shape index (κ1) is 59.9. The van der Waals surface area contributed by atoms with Gasteiger partial charge in [0.1, 0.15) is 24.2 Å². The van der Waals surface area contributed by atoms with Crippen LogP contribution in [-0.2, 0) is 46.4 Å². The van der Waals surface area contributed by atoms with Crippen molar-refractivity contribution in [1.29, 1.82) is 0 Å². The summed E-state index contributed by atoms with van der Waals surface area (Å²) in [6.45, 7) is 8.01. The molecule has 6 amide bonds. The van der Waals surface area contributed by atoms with Gasteiger partial charge in [-0.1, -0.05) is 131 Å². The van der Waals surface area contributed by atoms with Crippen molar-refractivity contribution in [3.63, 3.8) is 0 Å². The van der Waals surface area contributed by atoms with E-state index in [0.29, 0.717) is 73.1 Å². The lowest BCUT2D eigenvalue weighted by atomic mass is 9.83. The molecule has 0 aromatic heterocycles. The molecule has 0 saturated carbocycles. The van der Waals surface area contributed by atoms with Gasteiger partial charge in [0.15, 0.2) is 11.6 Å². The first-order valence-electron chi connectivity index (χ1n) is 25.6. The number of fused-ring (bicyclic) bond motifs is 2. The summed E-state index contributed by atoms with van der Waals surface area (Å²) in [6.07, 6.45) is -2.40. The highest BCUT2D eigenvalue weighted by Gasteiger charge is 2.40. The molecular weight excluding hydrogens is 1000 g/mol. The maximum atomic E-state index is 14.3. The first-order chi connectivity index (χ1) is 36.6. The van der Waals surface area contributed by atoms with Gasteiger partial charge in [-0.25, -0.2) is 4.79 Å². The van der Waals surface area contributed by atoms with Gasteiger partial charge in [-0.05, 0) is 54.7 Å². The zero-order valence-corrected chi connectivity index (χ0v) is 43.4. The predicted molar refractivity (Wildman–Crippen MR) is 280 cm³/mol. The Labute approximate surface area is 444 Å². The number of anilines is 1. The smallest absolute Gasteiger partial charge is 0.475 e. The summed E-state index contributed by atoms with van der Waals surface area (Å²) in [7, 11) is 0. The van der Waals surface area contributed by atoms with Gasteiger partial charge in [-0.3, -0.25) is 38.4 Å². The van der Waals surface area contributed by atoms with E-state index in [0.717, 1.165) is 11.1 Å². The number of nitrogens with one attached hydrogen (secondary N) is 6. The fourth-order valence-electron chi connectivity index (χ4n) is 8.92. The number of carbonyl (C=O) groups excluding carboxylic acids is 8. The molecule has 4 aromatic carbocycles. The molecule has 4 aromatic rings. The minimum absolute atomic E-state index is 0.125. The molecule has 1 saturated heterocycles. The molecule has 1 heterocycles. The molecule has 1 fully saturated rings. The van der Waals surface area contributed by atoms with Gasteiger partial charge >= 0.3 is 12.1 Å². The van der Waals surface area contributed by atoms with Crippen molar-refractivity contribution in [2.45, 2.75) is 109 Å². The molecule has 21 heteroatoms. The average molecular weight is 1070 g/mol. The van der Waals surface area contributed by atoms with Crippen LogP contribution in [0.4, 0.5) is 18.9 Å². The van der Waals surface area contributed by atoms with Gasteiger partial charge < -0.3 is 47.6 Å². The molecule has 0 unspecified atom stereocenters. The van der Waals surface area contributed by atoms with Crippen molar-refractivity contribution in [1.82, 2.24) is 31.5 Å². The second kappa shape index (κ2) is 28.3. The van der Waals surface area contributed by atoms with Crippen LogP contribution in [0.2, 0.25) is 0 Å². The molecule has 0 spiro atoms. The quantitative estimate of drug-likeness (QED) is 0.0421. The van der Waals surface area contributed by atoms with Crippen molar-refractivity contribution in [2.75, 3.05) is 31.5 Å². The Kier molecular flexibility index (Phi) is 22.0. The Bertz CT molecular complexity index is 2740. The van der Waals surface area contributed by atoms with Gasteiger partial charge in [0.2, 0.25) is 35.4 Å². The number of amides is 6. The molecule has 6 rings (SSSR count). The highest BCUT2D eigenvalue weighted by Crippen LogP contribution is 2.32. The summed E-state index contributed by atoms with van der Waals surface area (Å²) >= 11 is 0. The second-order valence-electron chi connectivity index (χ2n) is 19.4. The summed E-state index contributed by atoms with van der Waals surface area (Å²) in [5.74, 6) is -6.51. The number of nitrogens with zero attached hydrogens (tertiary/aromatic N) is 1. The van der Waals surface area contributed by atoms with Crippen LogP contribution in [0.5, 0.6) is 0 Å². The minimum Gasteiger partial charge on any atom is -0.475 e. The van der Waals surface area contributed by atoms with Crippen LogP contribution >= 0.6 is 0 Å². The SMILES string of the molecule is CC[C@H](C)[C@H](NC(=O)[C@H](Cc1ccccc1)NC(=O)[C@@H](N)CC(C)C)C(=O)NCC(=O)N[C@@H](Cc1ccccc1)C(=O)N1CCC[C@@H]1C(=O)NCCCNc1cccc2c1C(=O)c1ccccc1C2=O.O=C(O)C(F)(F)F. The van der Waals surface area contributed by atoms with E-state index < -0.39 is 78.4 Å². The molecule has 1 aliphatic carbocycles. The van der Waals surface area contributed by atoms with Crippen LogP contribution < -0.4 is 37.6 Å². The Morgan fingerprint density at radius 3 is 1.86 bits per heavy atom. The molecule has 9 N–H and O–H groups in total. The zero-order chi connectivity index (χ0) is 56.4. The fraction of sp³-hybridized carbons (Fsp3) is 0.411. The van der Waals surface area contributed by atoms with Crippen LogP contribution in [0.3, 0.4) is 0 Å². The highest BCUT2D eigenvalue weighted by molar-refractivity contribution is 6.30.